The first-order chi connectivity index (χ1) is 7.72. The molecule has 1 aliphatic heterocycles. The number of aryl methyl sites for hydroxylation is 1. The van der Waals surface area contributed by atoms with Crippen molar-refractivity contribution in [2.24, 2.45) is 11.7 Å². The molecule has 0 bridgehead atoms. The molecule has 2 atom stereocenters. The Labute approximate surface area is 93.8 Å². The molecule has 2 N–H and O–H groups in total. The number of nitrogens with two attached hydrogens (primary N) is 1. The van der Waals surface area contributed by atoms with Crippen molar-refractivity contribution in [2.45, 2.75) is 32.4 Å². The number of hydrogen-bond acceptors (Lipinski definition) is 5. The zero-order chi connectivity index (χ0) is 11.5. The lowest BCUT2D eigenvalue weighted by atomic mass is 9.91. The fourth-order valence-corrected chi connectivity index (χ4v) is 2.00. The third kappa shape index (κ3) is 2.06. The van der Waals surface area contributed by atoms with E-state index < -0.39 is 6.04 Å². The summed E-state index contributed by atoms with van der Waals surface area (Å²) >= 11 is 0. The summed E-state index contributed by atoms with van der Waals surface area (Å²) in [4.78, 5) is 15.6. The van der Waals surface area contributed by atoms with Crippen LogP contribution in [0.1, 0.15) is 19.2 Å². The second-order valence-corrected chi connectivity index (χ2v) is 3.93. The lowest BCUT2D eigenvalue weighted by Gasteiger charge is -2.25. The molecule has 0 aliphatic carbocycles. The van der Waals surface area contributed by atoms with E-state index in [1.165, 1.54) is 6.33 Å². The number of hydrogen-bond donors (Lipinski definition) is 1. The van der Waals surface area contributed by atoms with Crippen LogP contribution in [0.5, 0.6) is 0 Å². The van der Waals surface area contributed by atoms with Gasteiger partial charge in [0.2, 0.25) is 0 Å². The van der Waals surface area contributed by atoms with Crippen LogP contribution in [0.3, 0.4) is 0 Å². The molecule has 2 heterocycles. The lowest BCUT2D eigenvalue weighted by molar-refractivity contribution is -0.146. The quantitative estimate of drug-likeness (QED) is 0.715. The molecule has 6 heteroatoms. The minimum absolute atomic E-state index is 0.107. The monoisotopic (exact) mass is 224 g/mol. The Kier molecular flexibility index (Phi) is 3.19. The molecule has 1 aromatic rings. The molecule has 0 amide bonds. The maximum atomic E-state index is 11.5. The van der Waals surface area contributed by atoms with Gasteiger partial charge in [0.25, 0.3) is 0 Å². The number of carbonyl (C=O) groups excluding carboxylic acids is 1. The van der Waals surface area contributed by atoms with Gasteiger partial charge >= 0.3 is 5.97 Å². The number of fused-ring (bicyclic) bond motifs is 1. The zero-order valence-corrected chi connectivity index (χ0v) is 9.30. The van der Waals surface area contributed by atoms with Crippen molar-refractivity contribution in [3.05, 3.63) is 12.2 Å². The van der Waals surface area contributed by atoms with E-state index in [4.69, 9.17) is 10.5 Å². The van der Waals surface area contributed by atoms with E-state index >= 15 is 0 Å². The molecule has 16 heavy (non-hydrogen) atoms. The minimum Gasteiger partial charge on any atom is -0.465 e. The van der Waals surface area contributed by atoms with Crippen molar-refractivity contribution in [1.29, 1.82) is 0 Å². The smallest absolute Gasteiger partial charge is 0.323 e. The number of carbonyl (C=O) groups is 1. The Morgan fingerprint density at radius 3 is 3.38 bits per heavy atom. The highest BCUT2D eigenvalue weighted by Gasteiger charge is 2.30. The summed E-state index contributed by atoms with van der Waals surface area (Å²) in [6, 6.07) is -0.551. The molecule has 2 unspecified atom stereocenters. The summed E-state index contributed by atoms with van der Waals surface area (Å²) in [5, 5.41) is 4.08. The van der Waals surface area contributed by atoms with Gasteiger partial charge in [0, 0.05) is 13.0 Å². The number of aromatic nitrogens is 3. The van der Waals surface area contributed by atoms with Crippen LogP contribution in [0, 0.1) is 5.92 Å². The number of nitrogens with zero attached hydrogens (tertiary/aromatic N) is 3. The highest BCUT2D eigenvalue weighted by Crippen LogP contribution is 2.20. The normalized spacial score (nSPS) is 21.2. The van der Waals surface area contributed by atoms with Gasteiger partial charge in [0.1, 0.15) is 18.2 Å². The standard InChI is InChI=1S/C10H16N4O2/c1-2-16-10(15)9(11)7-3-4-14-8(5-7)12-6-13-14/h6-7,9H,2-5,11H2,1H3. The van der Waals surface area contributed by atoms with Crippen LogP contribution in [-0.2, 0) is 22.5 Å². The summed E-state index contributed by atoms with van der Waals surface area (Å²) in [5.74, 6) is 0.687. The molecule has 0 aromatic carbocycles. The van der Waals surface area contributed by atoms with Crippen molar-refractivity contribution in [2.75, 3.05) is 6.61 Å². The van der Waals surface area contributed by atoms with E-state index in [1.807, 2.05) is 4.68 Å². The van der Waals surface area contributed by atoms with E-state index in [1.54, 1.807) is 6.92 Å². The molecular weight excluding hydrogens is 208 g/mol. The second-order valence-electron chi connectivity index (χ2n) is 3.93. The molecule has 0 saturated heterocycles. The van der Waals surface area contributed by atoms with Crippen molar-refractivity contribution >= 4 is 5.97 Å². The van der Waals surface area contributed by atoms with Crippen LogP contribution in [0.2, 0.25) is 0 Å². The van der Waals surface area contributed by atoms with Crippen molar-refractivity contribution < 1.29 is 9.53 Å². The highest BCUT2D eigenvalue weighted by molar-refractivity contribution is 5.75. The maximum Gasteiger partial charge on any atom is 0.323 e. The van der Waals surface area contributed by atoms with Gasteiger partial charge in [-0.3, -0.25) is 9.48 Å². The summed E-state index contributed by atoms with van der Waals surface area (Å²) in [5.41, 5.74) is 5.87. The Morgan fingerprint density at radius 2 is 2.62 bits per heavy atom. The summed E-state index contributed by atoms with van der Waals surface area (Å²) < 4.78 is 6.78. The van der Waals surface area contributed by atoms with Crippen molar-refractivity contribution in [1.82, 2.24) is 14.8 Å². The Hall–Kier alpha value is -1.43. The predicted molar refractivity (Wildman–Crippen MR) is 56.4 cm³/mol. The molecule has 6 nitrogen and oxygen atoms in total. The molecule has 1 aliphatic rings. The van der Waals surface area contributed by atoms with E-state index in [2.05, 4.69) is 10.1 Å². The fourth-order valence-electron chi connectivity index (χ4n) is 2.00. The van der Waals surface area contributed by atoms with Crippen LogP contribution < -0.4 is 5.73 Å². The molecule has 2 rings (SSSR count). The second kappa shape index (κ2) is 4.61. The van der Waals surface area contributed by atoms with Crippen molar-refractivity contribution in [3.8, 4) is 0 Å². The average molecular weight is 224 g/mol. The van der Waals surface area contributed by atoms with E-state index in [-0.39, 0.29) is 11.9 Å². The minimum atomic E-state index is -0.551. The van der Waals surface area contributed by atoms with Crippen LogP contribution in [0.4, 0.5) is 0 Å². The van der Waals surface area contributed by atoms with Crippen molar-refractivity contribution in [3.63, 3.8) is 0 Å². The number of ether oxygens (including phenoxy) is 1. The molecule has 88 valence electrons. The van der Waals surface area contributed by atoms with E-state index in [0.717, 1.165) is 18.8 Å². The average Bonchev–Trinajstić information content (AvgIpc) is 2.75. The first kappa shape index (κ1) is 11.1. The van der Waals surface area contributed by atoms with Gasteiger partial charge in [0.15, 0.2) is 0 Å². The van der Waals surface area contributed by atoms with Gasteiger partial charge in [-0.25, -0.2) is 4.98 Å². The molecule has 0 radical (unpaired) electrons. The maximum absolute atomic E-state index is 11.5. The number of esters is 1. The third-order valence-corrected chi connectivity index (χ3v) is 2.92. The van der Waals surface area contributed by atoms with Gasteiger partial charge in [-0.05, 0) is 19.3 Å². The molecule has 0 spiro atoms. The predicted octanol–water partition coefficient (Wildman–Crippen LogP) is -0.269. The largest absolute Gasteiger partial charge is 0.465 e. The zero-order valence-electron chi connectivity index (χ0n) is 9.30. The Balaban J connectivity index is 2.00. The van der Waals surface area contributed by atoms with Gasteiger partial charge < -0.3 is 10.5 Å². The van der Waals surface area contributed by atoms with Gasteiger partial charge in [0.05, 0.1) is 6.61 Å². The van der Waals surface area contributed by atoms with Crippen LogP contribution in [-0.4, -0.2) is 33.4 Å². The molecular formula is C10H16N4O2. The number of rotatable bonds is 3. The van der Waals surface area contributed by atoms with E-state index in [9.17, 15) is 4.79 Å². The first-order valence-electron chi connectivity index (χ1n) is 5.51. The Bertz CT molecular complexity index is 377. The third-order valence-electron chi connectivity index (χ3n) is 2.92. The molecule has 1 aromatic heterocycles. The van der Waals surface area contributed by atoms with Crippen LogP contribution in [0.25, 0.3) is 0 Å². The summed E-state index contributed by atoms with van der Waals surface area (Å²) in [6.07, 6.45) is 3.07. The highest BCUT2D eigenvalue weighted by atomic mass is 16.5. The molecule has 0 saturated carbocycles. The topological polar surface area (TPSA) is 83.0 Å². The fraction of sp³-hybridized carbons (Fsp3) is 0.700. The van der Waals surface area contributed by atoms with Gasteiger partial charge in [-0.15, -0.1) is 0 Å². The summed E-state index contributed by atoms with van der Waals surface area (Å²) in [7, 11) is 0. The summed E-state index contributed by atoms with van der Waals surface area (Å²) in [6.45, 7) is 2.92. The van der Waals surface area contributed by atoms with Crippen LogP contribution >= 0.6 is 0 Å². The van der Waals surface area contributed by atoms with Crippen LogP contribution in [0.15, 0.2) is 6.33 Å². The first-order valence-corrected chi connectivity index (χ1v) is 5.51. The van der Waals surface area contributed by atoms with Gasteiger partial charge in [-0.1, -0.05) is 0 Å². The van der Waals surface area contributed by atoms with E-state index in [0.29, 0.717) is 13.0 Å². The van der Waals surface area contributed by atoms with Gasteiger partial charge in [-0.2, -0.15) is 5.10 Å². The lowest BCUT2D eigenvalue weighted by Crippen LogP contribution is -2.42. The SMILES string of the molecule is CCOC(=O)C(N)C1CCn2ncnc2C1. The Morgan fingerprint density at radius 1 is 1.81 bits per heavy atom. The molecule has 0 fully saturated rings.